The van der Waals surface area contributed by atoms with Gasteiger partial charge in [0.15, 0.2) is 5.54 Å². The largest absolute Gasteiger partial charge is 0.415 e. The van der Waals surface area contributed by atoms with E-state index in [9.17, 15) is 18.0 Å². The molecule has 0 radical (unpaired) electrons. The highest BCUT2D eigenvalue weighted by Gasteiger charge is 2.55. The van der Waals surface area contributed by atoms with Crippen LogP contribution in [-0.4, -0.2) is 35.6 Å². The predicted octanol–water partition coefficient (Wildman–Crippen LogP) is 1.91. The summed E-state index contributed by atoms with van der Waals surface area (Å²) < 4.78 is 38.0. The summed E-state index contributed by atoms with van der Waals surface area (Å²) in [6.07, 6.45) is -2.10. The van der Waals surface area contributed by atoms with Gasteiger partial charge in [0.1, 0.15) is 0 Å². The van der Waals surface area contributed by atoms with E-state index in [2.05, 4.69) is 0 Å². The van der Waals surface area contributed by atoms with Gasteiger partial charge in [-0.1, -0.05) is 6.92 Å². The fourth-order valence-electron chi connectivity index (χ4n) is 1.61. The number of halogens is 3. The molecule has 3 nitrogen and oxygen atoms in total. The lowest BCUT2D eigenvalue weighted by Gasteiger charge is -2.33. The number of amides is 1. The van der Waals surface area contributed by atoms with Crippen LogP contribution in [0.3, 0.4) is 0 Å². The molecule has 0 aromatic rings. The van der Waals surface area contributed by atoms with Crippen molar-refractivity contribution in [1.82, 2.24) is 4.90 Å². The molecule has 1 unspecified atom stereocenters. The molecule has 1 atom stereocenters. The molecule has 0 heterocycles. The SMILES string of the molecule is CCCN(CC1CC1)C(=O)C(C)(N)C(F)(F)F. The molecule has 1 aliphatic rings. The first-order valence-electron chi connectivity index (χ1n) is 5.85. The van der Waals surface area contributed by atoms with E-state index < -0.39 is 17.6 Å². The first-order valence-corrected chi connectivity index (χ1v) is 5.85. The van der Waals surface area contributed by atoms with Crippen molar-refractivity contribution in [2.75, 3.05) is 13.1 Å². The Morgan fingerprint density at radius 1 is 1.41 bits per heavy atom. The minimum atomic E-state index is -4.71. The van der Waals surface area contributed by atoms with Gasteiger partial charge in [0.05, 0.1) is 0 Å². The summed E-state index contributed by atoms with van der Waals surface area (Å²) >= 11 is 0. The summed E-state index contributed by atoms with van der Waals surface area (Å²) in [7, 11) is 0. The Kier molecular flexibility index (Phi) is 4.06. The summed E-state index contributed by atoms with van der Waals surface area (Å²) in [5.74, 6) is -0.659. The van der Waals surface area contributed by atoms with E-state index in [0.29, 0.717) is 25.4 Å². The molecular weight excluding hydrogens is 233 g/mol. The van der Waals surface area contributed by atoms with Crippen molar-refractivity contribution in [3.63, 3.8) is 0 Å². The Labute approximate surface area is 99.1 Å². The summed E-state index contributed by atoms with van der Waals surface area (Å²) in [5.41, 5.74) is 2.37. The van der Waals surface area contributed by atoms with Crippen LogP contribution in [0.15, 0.2) is 0 Å². The van der Waals surface area contributed by atoms with Gasteiger partial charge in [0, 0.05) is 13.1 Å². The van der Waals surface area contributed by atoms with Crippen LogP contribution in [0.5, 0.6) is 0 Å². The van der Waals surface area contributed by atoms with Gasteiger partial charge >= 0.3 is 6.18 Å². The fraction of sp³-hybridized carbons (Fsp3) is 0.909. The Bertz CT molecular complexity index is 285. The van der Waals surface area contributed by atoms with E-state index in [4.69, 9.17) is 5.73 Å². The first kappa shape index (κ1) is 14.3. The second-order valence-corrected chi connectivity index (χ2v) is 4.89. The number of hydrogen-bond donors (Lipinski definition) is 1. The first-order chi connectivity index (χ1) is 7.70. The number of hydrogen-bond acceptors (Lipinski definition) is 2. The molecule has 1 amide bonds. The summed E-state index contributed by atoms with van der Waals surface area (Å²) in [6, 6.07) is 0. The summed E-state index contributed by atoms with van der Waals surface area (Å²) in [5, 5.41) is 0. The minimum Gasteiger partial charge on any atom is -0.341 e. The molecule has 0 aliphatic heterocycles. The molecular formula is C11H19F3N2O. The lowest BCUT2D eigenvalue weighted by atomic mass is 10.0. The normalized spacial score (nSPS) is 19.9. The van der Waals surface area contributed by atoms with Crippen LogP contribution < -0.4 is 5.73 Å². The summed E-state index contributed by atoms with van der Waals surface area (Å²) in [4.78, 5) is 13.1. The maximum absolute atomic E-state index is 12.7. The maximum atomic E-state index is 12.7. The third-order valence-electron chi connectivity index (χ3n) is 2.99. The van der Waals surface area contributed by atoms with E-state index >= 15 is 0 Å². The van der Waals surface area contributed by atoms with E-state index in [1.54, 1.807) is 0 Å². The lowest BCUT2D eigenvalue weighted by Crippen LogP contribution is -2.62. The van der Waals surface area contributed by atoms with Crippen molar-refractivity contribution < 1.29 is 18.0 Å². The second-order valence-electron chi connectivity index (χ2n) is 4.89. The molecule has 2 N–H and O–H groups in total. The van der Waals surface area contributed by atoms with Gasteiger partial charge in [0.25, 0.3) is 5.91 Å². The number of rotatable bonds is 5. The van der Waals surface area contributed by atoms with Gasteiger partial charge in [0.2, 0.25) is 0 Å². The molecule has 1 saturated carbocycles. The standard InChI is InChI=1S/C11H19F3N2O/c1-3-6-16(7-8-4-5-8)9(17)10(2,15)11(12,13)14/h8H,3-7,15H2,1-2H3. The fourth-order valence-corrected chi connectivity index (χ4v) is 1.61. The topological polar surface area (TPSA) is 46.3 Å². The Morgan fingerprint density at radius 2 is 1.94 bits per heavy atom. The summed E-state index contributed by atoms with van der Waals surface area (Å²) in [6.45, 7) is 3.30. The molecule has 6 heteroatoms. The van der Waals surface area contributed by atoms with Crippen LogP contribution in [0.4, 0.5) is 13.2 Å². The van der Waals surface area contributed by atoms with Gasteiger partial charge in [-0.3, -0.25) is 4.79 Å². The van der Waals surface area contributed by atoms with Crippen molar-refractivity contribution in [1.29, 1.82) is 0 Å². The van der Waals surface area contributed by atoms with Crippen molar-refractivity contribution in [2.24, 2.45) is 11.7 Å². The second kappa shape index (κ2) is 4.84. The number of carbonyl (C=O) groups excluding carboxylic acids is 1. The molecule has 0 saturated heterocycles. The predicted molar refractivity (Wildman–Crippen MR) is 58.2 cm³/mol. The molecule has 0 aromatic heterocycles. The van der Waals surface area contributed by atoms with Gasteiger partial charge in [-0.05, 0) is 32.1 Å². The molecule has 0 bridgehead atoms. The molecule has 17 heavy (non-hydrogen) atoms. The Hall–Kier alpha value is -0.780. The van der Waals surface area contributed by atoms with E-state index in [0.717, 1.165) is 19.8 Å². The Morgan fingerprint density at radius 3 is 2.29 bits per heavy atom. The highest BCUT2D eigenvalue weighted by atomic mass is 19.4. The van der Waals surface area contributed by atoms with Crippen LogP contribution in [0.2, 0.25) is 0 Å². The van der Waals surface area contributed by atoms with Gasteiger partial charge in [-0.25, -0.2) is 0 Å². The third kappa shape index (κ3) is 3.34. The zero-order chi connectivity index (χ0) is 13.3. The highest BCUT2D eigenvalue weighted by Crippen LogP contribution is 2.33. The molecule has 0 aromatic carbocycles. The molecule has 0 spiro atoms. The lowest BCUT2D eigenvalue weighted by molar-refractivity contribution is -0.193. The van der Waals surface area contributed by atoms with Gasteiger partial charge in [-0.15, -0.1) is 0 Å². The monoisotopic (exact) mass is 252 g/mol. The van der Waals surface area contributed by atoms with Crippen molar-refractivity contribution in [3.8, 4) is 0 Å². The molecule has 1 fully saturated rings. The highest BCUT2D eigenvalue weighted by molar-refractivity contribution is 5.86. The van der Waals surface area contributed by atoms with Gasteiger partial charge < -0.3 is 10.6 Å². The van der Waals surface area contributed by atoms with E-state index in [1.165, 1.54) is 4.90 Å². The maximum Gasteiger partial charge on any atom is 0.415 e. The molecule has 1 rings (SSSR count). The van der Waals surface area contributed by atoms with Crippen LogP contribution in [-0.2, 0) is 4.79 Å². The van der Waals surface area contributed by atoms with Crippen molar-refractivity contribution >= 4 is 5.91 Å². The van der Waals surface area contributed by atoms with Crippen molar-refractivity contribution in [3.05, 3.63) is 0 Å². The van der Waals surface area contributed by atoms with Gasteiger partial charge in [-0.2, -0.15) is 13.2 Å². The van der Waals surface area contributed by atoms with Crippen LogP contribution in [0, 0.1) is 5.92 Å². The number of alkyl halides is 3. The zero-order valence-corrected chi connectivity index (χ0v) is 10.2. The number of nitrogens with two attached hydrogens (primary N) is 1. The third-order valence-corrected chi connectivity index (χ3v) is 2.99. The van der Waals surface area contributed by atoms with E-state index in [1.807, 2.05) is 6.92 Å². The molecule has 100 valence electrons. The smallest absolute Gasteiger partial charge is 0.341 e. The van der Waals surface area contributed by atoms with Crippen molar-refractivity contribution in [2.45, 2.75) is 44.8 Å². The average Bonchev–Trinajstić information content (AvgIpc) is 2.98. The van der Waals surface area contributed by atoms with Crippen LogP contribution in [0.1, 0.15) is 33.1 Å². The quantitative estimate of drug-likeness (QED) is 0.812. The minimum absolute atomic E-state index is 0.332. The molecule has 1 aliphatic carbocycles. The Balaban J connectivity index is 2.74. The number of nitrogens with zero attached hydrogens (tertiary/aromatic N) is 1. The average molecular weight is 252 g/mol. The zero-order valence-electron chi connectivity index (χ0n) is 10.2. The van der Waals surface area contributed by atoms with Crippen LogP contribution >= 0.6 is 0 Å². The van der Waals surface area contributed by atoms with Crippen LogP contribution in [0.25, 0.3) is 0 Å². The number of carbonyl (C=O) groups is 1. The van der Waals surface area contributed by atoms with E-state index in [-0.39, 0.29) is 0 Å².